The van der Waals surface area contributed by atoms with Crippen LogP contribution in [0, 0.1) is 5.82 Å². The van der Waals surface area contributed by atoms with Crippen LogP contribution >= 0.6 is 11.3 Å². The topological polar surface area (TPSA) is 20.3 Å². The number of carbonyl (C=O) groups excluding carboxylic acids is 1. The molecule has 0 bridgehead atoms. The quantitative estimate of drug-likeness (QED) is 0.648. The van der Waals surface area contributed by atoms with Crippen molar-refractivity contribution in [3.05, 3.63) is 57.5 Å². The first kappa shape index (κ1) is 17.2. The van der Waals surface area contributed by atoms with E-state index in [4.69, 9.17) is 0 Å². The molecule has 1 amide bonds. The van der Waals surface area contributed by atoms with E-state index in [9.17, 15) is 9.18 Å². The predicted octanol–water partition coefficient (Wildman–Crippen LogP) is 5.33. The zero-order valence-electron chi connectivity index (χ0n) is 14.1. The number of fused-ring (bicyclic) bond motifs is 1. The van der Waals surface area contributed by atoms with Crippen molar-refractivity contribution in [1.82, 2.24) is 4.90 Å². The van der Waals surface area contributed by atoms with Gasteiger partial charge in [0.25, 0.3) is 0 Å². The first-order valence-corrected chi connectivity index (χ1v) is 9.70. The number of unbranched alkanes of at least 4 members (excludes halogenated alkanes) is 3. The standard InChI is InChI=1S/C20H24FNOS/c1-2-3-4-5-6-19(23)22-13-11-18-17(12-14-24-18)20(22)15-7-9-16(21)10-8-15/h7-10,12,14,20H,2-6,11,13H2,1H3. The molecular formula is C20H24FNOS. The van der Waals surface area contributed by atoms with Gasteiger partial charge in [-0.3, -0.25) is 4.79 Å². The molecule has 0 saturated heterocycles. The van der Waals surface area contributed by atoms with Crippen LogP contribution in [0.25, 0.3) is 0 Å². The number of carbonyl (C=O) groups is 1. The SMILES string of the molecule is CCCCCCC(=O)N1CCc2sccc2C1c1ccc(F)cc1. The van der Waals surface area contributed by atoms with Crippen LogP contribution in [0.5, 0.6) is 0 Å². The number of hydrogen-bond acceptors (Lipinski definition) is 2. The van der Waals surface area contributed by atoms with Crippen LogP contribution in [0.4, 0.5) is 4.39 Å². The summed E-state index contributed by atoms with van der Waals surface area (Å²) >= 11 is 1.75. The number of amides is 1. The van der Waals surface area contributed by atoms with Crippen LogP contribution in [0.1, 0.15) is 61.1 Å². The molecule has 0 fully saturated rings. The molecule has 1 aromatic carbocycles. The molecular weight excluding hydrogens is 321 g/mol. The molecule has 2 nitrogen and oxygen atoms in total. The first-order valence-electron chi connectivity index (χ1n) is 8.82. The van der Waals surface area contributed by atoms with E-state index in [2.05, 4.69) is 18.4 Å². The number of hydrogen-bond donors (Lipinski definition) is 0. The third-order valence-electron chi connectivity index (χ3n) is 4.72. The van der Waals surface area contributed by atoms with Gasteiger partial charge in [-0.05, 0) is 47.5 Å². The Morgan fingerprint density at radius 1 is 1.21 bits per heavy atom. The van der Waals surface area contributed by atoms with Gasteiger partial charge in [0.2, 0.25) is 5.91 Å². The lowest BCUT2D eigenvalue weighted by molar-refractivity contribution is -0.133. The van der Waals surface area contributed by atoms with Gasteiger partial charge in [-0.1, -0.05) is 38.3 Å². The van der Waals surface area contributed by atoms with Crippen LogP contribution in [0.15, 0.2) is 35.7 Å². The van der Waals surface area contributed by atoms with Crippen LogP contribution in [-0.2, 0) is 11.2 Å². The van der Waals surface area contributed by atoms with E-state index in [-0.39, 0.29) is 17.8 Å². The third-order valence-corrected chi connectivity index (χ3v) is 5.71. The van der Waals surface area contributed by atoms with Crippen molar-refractivity contribution < 1.29 is 9.18 Å². The average molecular weight is 345 g/mol. The Labute approximate surface area is 147 Å². The number of benzene rings is 1. The van der Waals surface area contributed by atoms with Gasteiger partial charge in [0.15, 0.2) is 0 Å². The van der Waals surface area contributed by atoms with E-state index in [1.807, 2.05) is 17.0 Å². The monoisotopic (exact) mass is 345 g/mol. The smallest absolute Gasteiger partial charge is 0.223 e. The van der Waals surface area contributed by atoms with E-state index < -0.39 is 0 Å². The molecule has 4 heteroatoms. The van der Waals surface area contributed by atoms with Gasteiger partial charge < -0.3 is 4.90 Å². The highest BCUT2D eigenvalue weighted by atomic mass is 32.1. The maximum absolute atomic E-state index is 13.3. The van der Waals surface area contributed by atoms with E-state index in [1.165, 1.54) is 35.4 Å². The van der Waals surface area contributed by atoms with Gasteiger partial charge in [0, 0.05) is 17.8 Å². The Balaban J connectivity index is 1.82. The van der Waals surface area contributed by atoms with Gasteiger partial charge in [-0.15, -0.1) is 11.3 Å². The summed E-state index contributed by atoms with van der Waals surface area (Å²) in [6.07, 6.45) is 5.96. The first-order chi connectivity index (χ1) is 11.7. The van der Waals surface area contributed by atoms with Crippen LogP contribution in [0.2, 0.25) is 0 Å². The van der Waals surface area contributed by atoms with E-state index in [0.717, 1.165) is 31.4 Å². The maximum atomic E-state index is 13.3. The highest BCUT2D eigenvalue weighted by Gasteiger charge is 2.32. The fourth-order valence-corrected chi connectivity index (χ4v) is 4.34. The highest BCUT2D eigenvalue weighted by Crippen LogP contribution is 2.38. The highest BCUT2D eigenvalue weighted by molar-refractivity contribution is 7.10. The summed E-state index contributed by atoms with van der Waals surface area (Å²) in [6, 6.07) is 8.64. The van der Waals surface area contributed by atoms with Crippen molar-refractivity contribution in [1.29, 1.82) is 0 Å². The molecule has 1 atom stereocenters. The molecule has 0 saturated carbocycles. The Morgan fingerprint density at radius 2 is 2.00 bits per heavy atom. The minimum absolute atomic E-state index is 0.0701. The van der Waals surface area contributed by atoms with Crippen LogP contribution < -0.4 is 0 Å². The Morgan fingerprint density at radius 3 is 2.75 bits per heavy atom. The number of halogens is 1. The van der Waals surface area contributed by atoms with Crippen LogP contribution in [0.3, 0.4) is 0 Å². The van der Waals surface area contributed by atoms with Gasteiger partial charge in [0.1, 0.15) is 5.82 Å². The summed E-state index contributed by atoms with van der Waals surface area (Å²) in [5.74, 6) is -0.0187. The van der Waals surface area contributed by atoms with Crippen molar-refractivity contribution in [3.63, 3.8) is 0 Å². The summed E-state index contributed by atoms with van der Waals surface area (Å²) in [5, 5.41) is 2.09. The molecule has 128 valence electrons. The zero-order chi connectivity index (χ0) is 16.9. The minimum Gasteiger partial charge on any atom is -0.331 e. The average Bonchev–Trinajstić information content (AvgIpc) is 3.07. The minimum atomic E-state index is -0.238. The summed E-state index contributed by atoms with van der Waals surface area (Å²) in [6.45, 7) is 2.93. The van der Waals surface area contributed by atoms with Crippen molar-refractivity contribution in [2.75, 3.05) is 6.54 Å². The summed E-state index contributed by atoms with van der Waals surface area (Å²) in [5.41, 5.74) is 2.21. The predicted molar refractivity (Wildman–Crippen MR) is 96.7 cm³/mol. The Kier molecular flexibility index (Phi) is 5.67. The molecule has 2 aromatic rings. The van der Waals surface area contributed by atoms with Crippen molar-refractivity contribution >= 4 is 17.2 Å². The van der Waals surface area contributed by atoms with Gasteiger partial charge >= 0.3 is 0 Å². The van der Waals surface area contributed by atoms with E-state index in [0.29, 0.717) is 6.42 Å². The van der Waals surface area contributed by atoms with Crippen molar-refractivity contribution in [3.8, 4) is 0 Å². The lowest BCUT2D eigenvalue weighted by Gasteiger charge is -2.36. The Bertz CT molecular complexity index is 679. The van der Waals surface area contributed by atoms with Crippen molar-refractivity contribution in [2.24, 2.45) is 0 Å². The van der Waals surface area contributed by atoms with E-state index in [1.54, 1.807) is 11.3 Å². The summed E-state index contributed by atoms with van der Waals surface area (Å²) < 4.78 is 13.3. The number of thiophene rings is 1. The number of rotatable bonds is 6. The molecule has 1 aliphatic rings. The molecule has 3 rings (SSSR count). The maximum Gasteiger partial charge on any atom is 0.223 e. The summed E-state index contributed by atoms with van der Waals surface area (Å²) in [7, 11) is 0. The molecule has 0 radical (unpaired) electrons. The second-order valence-electron chi connectivity index (χ2n) is 6.40. The van der Waals surface area contributed by atoms with Gasteiger partial charge in [-0.2, -0.15) is 0 Å². The molecule has 0 spiro atoms. The molecule has 1 unspecified atom stereocenters. The fraction of sp³-hybridized carbons (Fsp3) is 0.450. The summed E-state index contributed by atoms with van der Waals surface area (Å²) in [4.78, 5) is 16.1. The molecule has 0 N–H and O–H groups in total. The molecule has 24 heavy (non-hydrogen) atoms. The third kappa shape index (κ3) is 3.69. The second-order valence-corrected chi connectivity index (χ2v) is 7.40. The zero-order valence-corrected chi connectivity index (χ0v) is 14.9. The molecule has 1 aliphatic heterocycles. The molecule has 2 heterocycles. The molecule has 0 aliphatic carbocycles. The van der Waals surface area contributed by atoms with Gasteiger partial charge in [0.05, 0.1) is 6.04 Å². The van der Waals surface area contributed by atoms with E-state index >= 15 is 0 Å². The second kappa shape index (κ2) is 7.93. The number of nitrogens with zero attached hydrogens (tertiary/aromatic N) is 1. The Hall–Kier alpha value is -1.68. The lowest BCUT2D eigenvalue weighted by atomic mass is 9.92. The lowest BCUT2D eigenvalue weighted by Crippen LogP contribution is -2.40. The largest absolute Gasteiger partial charge is 0.331 e. The fourth-order valence-electron chi connectivity index (χ4n) is 3.44. The van der Waals surface area contributed by atoms with Crippen molar-refractivity contribution in [2.45, 2.75) is 51.5 Å². The van der Waals surface area contributed by atoms with Gasteiger partial charge in [-0.25, -0.2) is 4.39 Å². The normalized spacial score (nSPS) is 16.9. The van der Waals surface area contributed by atoms with Crippen LogP contribution in [-0.4, -0.2) is 17.4 Å². The molecule has 1 aromatic heterocycles.